The van der Waals surface area contributed by atoms with Gasteiger partial charge >= 0.3 is 6.03 Å². The highest BCUT2D eigenvalue weighted by molar-refractivity contribution is 6.10. The van der Waals surface area contributed by atoms with Crippen LogP contribution in [-0.2, 0) is 11.3 Å². The van der Waals surface area contributed by atoms with Gasteiger partial charge in [0, 0.05) is 49.4 Å². The maximum atomic E-state index is 13.1. The molecule has 3 heterocycles. The molecule has 0 aromatic heterocycles. The van der Waals surface area contributed by atoms with Gasteiger partial charge in [-0.25, -0.2) is 4.79 Å². The van der Waals surface area contributed by atoms with Gasteiger partial charge in [0.05, 0.1) is 13.7 Å². The lowest BCUT2D eigenvalue weighted by Gasteiger charge is -2.29. The highest BCUT2D eigenvalue weighted by Crippen LogP contribution is 2.28. The normalized spacial score (nSPS) is 21.2. The predicted molar refractivity (Wildman–Crippen MR) is 133 cm³/mol. The number of rotatable bonds is 4. The van der Waals surface area contributed by atoms with Crippen LogP contribution in [0.4, 0.5) is 4.79 Å². The Morgan fingerprint density at radius 2 is 1.89 bits per heavy atom. The Morgan fingerprint density at radius 3 is 2.54 bits per heavy atom. The van der Waals surface area contributed by atoms with Crippen molar-refractivity contribution in [2.24, 2.45) is 5.16 Å². The molecule has 0 radical (unpaired) electrons. The van der Waals surface area contributed by atoms with Crippen molar-refractivity contribution >= 4 is 23.7 Å². The van der Waals surface area contributed by atoms with E-state index in [9.17, 15) is 19.6 Å². The van der Waals surface area contributed by atoms with E-state index in [0.29, 0.717) is 22.7 Å². The summed E-state index contributed by atoms with van der Waals surface area (Å²) < 4.78 is 5.22. The van der Waals surface area contributed by atoms with Crippen LogP contribution in [0.15, 0.2) is 47.6 Å². The number of benzene rings is 2. The number of oxime groups is 1. The van der Waals surface area contributed by atoms with Gasteiger partial charge in [-0.05, 0) is 42.0 Å². The number of amides is 4. The first-order chi connectivity index (χ1) is 17.9. The molecule has 5 rings (SSSR count). The van der Waals surface area contributed by atoms with Crippen molar-refractivity contribution in [1.29, 1.82) is 0 Å². The van der Waals surface area contributed by atoms with E-state index in [1.165, 1.54) is 12.0 Å². The van der Waals surface area contributed by atoms with Crippen molar-refractivity contribution in [2.45, 2.75) is 12.1 Å². The van der Waals surface area contributed by atoms with Crippen molar-refractivity contribution in [3.8, 4) is 17.6 Å². The van der Waals surface area contributed by atoms with E-state index in [2.05, 4.69) is 32.9 Å². The van der Waals surface area contributed by atoms with Crippen LogP contribution >= 0.6 is 0 Å². The molecule has 2 aromatic rings. The number of ether oxygens (including phenoxy) is 1. The number of piperazine rings is 1. The molecule has 2 saturated heterocycles. The van der Waals surface area contributed by atoms with E-state index in [-0.39, 0.29) is 19.0 Å². The Balaban J connectivity index is 1.37. The SMILES string of the molecule is COc1ccc2c(c1)C(=O)N(C[C@@]1(C#Cc3ccc(/C(=N/O)N4CCNCC4)cc3)NC(=O)NC1=O)C2. The second-order valence-electron chi connectivity index (χ2n) is 8.99. The van der Waals surface area contributed by atoms with E-state index in [0.717, 1.165) is 37.3 Å². The lowest BCUT2D eigenvalue weighted by Crippen LogP contribution is -2.54. The van der Waals surface area contributed by atoms with Gasteiger partial charge in [-0.15, -0.1) is 0 Å². The summed E-state index contributed by atoms with van der Waals surface area (Å²) in [5, 5.41) is 21.1. The van der Waals surface area contributed by atoms with E-state index in [1.54, 1.807) is 36.4 Å². The number of fused-ring (bicyclic) bond motifs is 1. The number of carbonyl (C=O) groups is 3. The molecule has 11 heteroatoms. The topological polar surface area (TPSA) is 136 Å². The summed E-state index contributed by atoms with van der Waals surface area (Å²) in [5.74, 6) is 6.02. The molecule has 0 saturated carbocycles. The van der Waals surface area contributed by atoms with Gasteiger partial charge in [0.2, 0.25) is 5.54 Å². The van der Waals surface area contributed by atoms with Crippen LogP contribution in [0.25, 0.3) is 0 Å². The quantitative estimate of drug-likeness (QED) is 0.118. The van der Waals surface area contributed by atoms with Gasteiger partial charge in [0.25, 0.3) is 11.8 Å². The summed E-state index contributed by atoms with van der Waals surface area (Å²) >= 11 is 0. The average molecular weight is 503 g/mol. The van der Waals surface area contributed by atoms with Crippen molar-refractivity contribution in [1.82, 2.24) is 25.8 Å². The van der Waals surface area contributed by atoms with Crippen LogP contribution in [0, 0.1) is 11.8 Å². The van der Waals surface area contributed by atoms with Crippen LogP contribution in [0.1, 0.15) is 27.0 Å². The monoisotopic (exact) mass is 502 g/mol. The molecule has 3 aliphatic heterocycles. The minimum absolute atomic E-state index is 0.115. The Bertz CT molecular complexity index is 1340. The third-order valence-electron chi connectivity index (χ3n) is 6.64. The maximum absolute atomic E-state index is 13.1. The zero-order chi connectivity index (χ0) is 26.0. The molecule has 2 fully saturated rings. The minimum atomic E-state index is -1.60. The summed E-state index contributed by atoms with van der Waals surface area (Å²) in [4.78, 5) is 41.4. The number of nitrogens with zero attached hydrogens (tertiary/aromatic N) is 3. The molecular formula is C26H26N6O5. The summed E-state index contributed by atoms with van der Waals surface area (Å²) in [6, 6.07) is 11.7. The molecule has 3 aliphatic rings. The zero-order valence-electron chi connectivity index (χ0n) is 20.2. The van der Waals surface area contributed by atoms with E-state index >= 15 is 0 Å². The van der Waals surface area contributed by atoms with Crippen molar-refractivity contribution < 1.29 is 24.3 Å². The molecular weight excluding hydrogens is 476 g/mol. The number of nitrogens with one attached hydrogen (secondary N) is 3. The average Bonchev–Trinajstić information content (AvgIpc) is 3.38. The largest absolute Gasteiger partial charge is 0.497 e. The van der Waals surface area contributed by atoms with Crippen molar-refractivity contribution in [3.63, 3.8) is 0 Å². The Hall–Kier alpha value is -4.56. The lowest BCUT2D eigenvalue weighted by molar-refractivity contribution is -0.122. The molecule has 4 N–H and O–H groups in total. The highest BCUT2D eigenvalue weighted by atomic mass is 16.5. The third-order valence-corrected chi connectivity index (χ3v) is 6.64. The second kappa shape index (κ2) is 9.83. The first kappa shape index (κ1) is 24.1. The van der Waals surface area contributed by atoms with Crippen LogP contribution in [-0.4, -0.2) is 84.1 Å². The second-order valence-corrected chi connectivity index (χ2v) is 8.99. The number of carbonyl (C=O) groups excluding carboxylic acids is 3. The predicted octanol–water partition coefficient (Wildman–Crippen LogP) is 0.322. The van der Waals surface area contributed by atoms with Crippen LogP contribution in [0.3, 0.4) is 0 Å². The number of methoxy groups -OCH3 is 1. The van der Waals surface area contributed by atoms with E-state index in [4.69, 9.17) is 4.74 Å². The fourth-order valence-electron chi connectivity index (χ4n) is 4.67. The van der Waals surface area contributed by atoms with Gasteiger partial charge in [0.1, 0.15) is 5.75 Å². The summed E-state index contributed by atoms with van der Waals surface area (Å²) in [7, 11) is 1.52. The highest BCUT2D eigenvalue weighted by Gasteiger charge is 2.48. The Morgan fingerprint density at radius 1 is 1.14 bits per heavy atom. The van der Waals surface area contributed by atoms with E-state index < -0.39 is 17.5 Å². The molecule has 190 valence electrons. The summed E-state index contributed by atoms with van der Waals surface area (Å²) in [6.45, 7) is 3.23. The molecule has 0 aliphatic carbocycles. The molecule has 11 nitrogen and oxygen atoms in total. The number of urea groups is 1. The molecule has 0 bridgehead atoms. The smallest absolute Gasteiger partial charge is 0.323 e. The first-order valence-electron chi connectivity index (χ1n) is 11.8. The lowest BCUT2D eigenvalue weighted by atomic mass is 9.99. The molecule has 4 amide bonds. The number of hydrogen-bond acceptors (Lipinski definition) is 7. The molecule has 37 heavy (non-hydrogen) atoms. The van der Waals surface area contributed by atoms with Gasteiger partial charge < -0.3 is 30.4 Å². The van der Waals surface area contributed by atoms with Gasteiger partial charge in [-0.3, -0.25) is 14.9 Å². The summed E-state index contributed by atoms with van der Waals surface area (Å²) in [5.41, 5.74) is 1.02. The van der Waals surface area contributed by atoms with Gasteiger partial charge in [-0.1, -0.05) is 23.1 Å². The number of hydrogen-bond donors (Lipinski definition) is 4. The first-order valence-corrected chi connectivity index (χ1v) is 11.8. The molecule has 2 aromatic carbocycles. The molecule has 1 atom stereocenters. The Labute approximate surface area is 213 Å². The number of amidine groups is 1. The number of imide groups is 1. The van der Waals surface area contributed by atoms with E-state index in [1.807, 2.05) is 11.0 Å². The molecule has 0 spiro atoms. The van der Waals surface area contributed by atoms with Gasteiger partial charge in [0.15, 0.2) is 5.84 Å². The fourth-order valence-corrected chi connectivity index (χ4v) is 4.67. The summed E-state index contributed by atoms with van der Waals surface area (Å²) in [6.07, 6.45) is 0. The fraction of sp³-hybridized carbons (Fsp3) is 0.308. The van der Waals surface area contributed by atoms with Crippen molar-refractivity contribution in [3.05, 3.63) is 64.7 Å². The van der Waals surface area contributed by atoms with Crippen LogP contribution < -0.4 is 20.7 Å². The van der Waals surface area contributed by atoms with Crippen LogP contribution in [0.5, 0.6) is 5.75 Å². The molecule has 0 unspecified atom stereocenters. The minimum Gasteiger partial charge on any atom is -0.497 e. The van der Waals surface area contributed by atoms with Crippen LogP contribution in [0.2, 0.25) is 0 Å². The third kappa shape index (κ3) is 4.66. The Kier molecular flexibility index (Phi) is 6.42. The maximum Gasteiger partial charge on any atom is 0.323 e. The van der Waals surface area contributed by atoms with Crippen molar-refractivity contribution in [2.75, 3.05) is 39.8 Å². The zero-order valence-corrected chi connectivity index (χ0v) is 20.2. The standard InChI is InChI=1S/C26H26N6O5/c1-37-20-7-6-19-15-32(23(33)21(19)14-20)16-26(24(34)28-25(35)29-26)9-8-17-2-4-18(5-3-17)22(30-36)31-12-10-27-11-13-31/h2-7,14,27,36H,10-13,15-16H2,1H3,(H2,28,29,34,35)/b30-22-/t26-/m1/s1. The van der Waals surface area contributed by atoms with Gasteiger partial charge in [-0.2, -0.15) is 0 Å².